The van der Waals surface area contributed by atoms with Gasteiger partial charge in [0.2, 0.25) is 11.5 Å². The maximum Gasteiger partial charge on any atom is 0.297 e. The van der Waals surface area contributed by atoms with E-state index in [1.54, 1.807) is 17.0 Å². The molecule has 0 unspecified atom stereocenters. The second-order valence-corrected chi connectivity index (χ2v) is 8.30. The van der Waals surface area contributed by atoms with Crippen molar-refractivity contribution >= 4 is 23.4 Å². The predicted molar refractivity (Wildman–Crippen MR) is 117 cm³/mol. The molecule has 3 heterocycles. The number of likely N-dealkylation sites (tertiary alicyclic amines) is 1. The van der Waals surface area contributed by atoms with Crippen molar-refractivity contribution < 1.29 is 23.5 Å². The maximum atomic E-state index is 13.3. The molecule has 1 aliphatic heterocycles. The van der Waals surface area contributed by atoms with Gasteiger partial charge in [0.1, 0.15) is 5.82 Å². The number of Topliss-reactive ketones (excluding diaryl/α,β-unsaturated/α-hetero) is 1. The highest BCUT2D eigenvalue weighted by atomic mass is 19.1. The molecule has 1 aromatic carbocycles. The first-order valence-electron chi connectivity index (χ1n) is 10.8. The summed E-state index contributed by atoms with van der Waals surface area (Å²) in [6.45, 7) is 1.00. The van der Waals surface area contributed by atoms with Gasteiger partial charge in [0.25, 0.3) is 29.3 Å². The molecule has 0 saturated carbocycles. The van der Waals surface area contributed by atoms with Crippen LogP contribution < -0.4 is 4.74 Å². The third kappa shape index (κ3) is 4.56. The number of halogens is 1. The summed E-state index contributed by atoms with van der Waals surface area (Å²) in [4.78, 5) is 44.7. The van der Waals surface area contributed by atoms with Gasteiger partial charge in [-0.1, -0.05) is 12.1 Å². The van der Waals surface area contributed by atoms with Gasteiger partial charge in [-0.05, 0) is 42.9 Å². The van der Waals surface area contributed by atoms with Gasteiger partial charge in [-0.2, -0.15) is 14.6 Å². The van der Waals surface area contributed by atoms with Crippen LogP contribution in [0.4, 0.5) is 4.39 Å². The summed E-state index contributed by atoms with van der Waals surface area (Å²) in [5.41, 5.74) is 0.958. The highest BCUT2D eigenvalue weighted by Crippen LogP contribution is 2.24. The molecule has 3 aromatic rings. The van der Waals surface area contributed by atoms with E-state index in [9.17, 15) is 18.8 Å². The molecule has 11 nitrogen and oxygen atoms in total. The van der Waals surface area contributed by atoms with Crippen molar-refractivity contribution in [3.8, 4) is 5.88 Å². The zero-order valence-electron chi connectivity index (χ0n) is 19.1. The zero-order chi connectivity index (χ0) is 24.4. The highest BCUT2D eigenvalue weighted by molar-refractivity contribution is 6.41. The largest absolute Gasteiger partial charge is 0.479 e. The van der Waals surface area contributed by atoms with Crippen molar-refractivity contribution in [2.24, 2.45) is 5.92 Å². The average molecular weight is 469 g/mol. The molecule has 1 saturated heterocycles. The Kier molecular flexibility index (Phi) is 6.48. The normalized spacial score (nSPS) is 14.3. The number of carbonyl (C=O) groups excluding carboxylic acids is 3. The summed E-state index contributed by atoms with van der Waals surface area (Å²) in [5, 5.41) is 11.7. The van der Waals surface area contributed by atoms with Crippen LogP contribution in [0, 0.1) is 11.7 Å². The third-order valence-corrected chi connectivity index (χ3v) is 5.77. The minimum Gasteiger partial charge on any atom is -0.479 e. The number of hydrogen-bond donors (Lipinski definition) is 0. The van der Waals surface area contributed by atoms with Crippen LogP contribution in [0.15, 0.2) is 24.3 Å². The predicted octanol–water partition coefficient (Wildman–Crippen LogP) is 1.03. The molecule has 178 valence electrons. The lowest BCUT2D eigenvalue weighted by atomic mass is 9.90. The van der Waals surface area contributed by atoms with Crippen molar-refractivity contribution in [3.05, 3.63) is 47.2 Å². The number of hydrogen-bond acceptors (Lipinski definition) is 8. The Morgan fingerprint density at radius 2 is 1.79 bits per heavy atom. The fraction of sp³-hybridized carbons (Fsp3) is 0.409. The molecule has 34 heavy (non-hydrogen) atoms. The highest BCUT2D eigenvalue weighted by Gasteiger charge is 2.31. The summed E-state index contributed by atoms with van der Waals surface area (Å²) < 4.78 is 19.4. The fourth-order valence-corrected chi connectivity index (χ4v) is 3.88. The van der Waals surface area contributed by atoms with Gasteiger partial charge in [-0.25, -0.2) is 4.39 Å². The van der Waals surface area contributed by atoms with Crippen LogP contribution in [0.3, 0.4) is 0 Å². The third-order valence-electron chi connectivity index (χ3n) is 5.77. The van der Waals surface area contributed by atoms with Crippen LogP contribution >= 0.6 is 0 Å². The lowest BCUT2D eigenvalue weighted by Gasteiger charge is -2.32. The summed E-state index contributed by atoms with van der Waals surface area (Å²) >= 11 is 0. The quantitative estimate of drug-likeness (QED) is 0.388. The summed E-state index contributed by atoms with van der Waals surface area (Å²) in [5.74, 6) is -2.48. The smallest absolute Gasteiger partial charge is 0.297 e. The van der Waals surface area contributed by atoms with Gasteiger partial charge in [-0.3, -0.25) is 14.4 Å². The van der Waals surface area contributed by atoms with Crippen LogP contribution in [0.25, 0.3) is 5.78 Å². The monoisotopic (exact) mass is 469 g/mol. The Hall–Kier alpha value is -3.96. The van der Waals surface area contributed by atoms with E-state index in [4.69, 9.17) is 4.74 Å². The van der Waals surface area contributed by atoms with Crippen LogP contribution in [0.2, 0.25) is 0 Å². The van der Waals surface area contributed by atoms with Crippen LogP contribution in [-0.4, -0.2) is 86.5 Å². The number of piperidine rings is 1. The first-order chi connectivity index (χ1) is 16.3. The molecular weight excluding hydrogens is 445 g/mol. The van der Waals surface area contributed by atoms with Gasteiger partial charge in [0, 0.05) is 27.2 Å². The number of aromatic nitrogens is 5. The number of amides is 2. The molecule has 0 N–H and O–H groups in total. The minimum atomic E-state index is -0.919. The van der Waals surface area contributed by atoms with E-state index < -0.39 is 17.6 Å². The van der Waals surface area contributed by atoms with Crippen LogP contribution in [0.5, 0.6) is 5.88 Å². The Bertz CT molecular complexity index is 1230. The number of fused-ring (bicyclic) bond motifs is 1. The lowest BCUT2D eigenvalue weighted by molar-refractivity contribution is -0.124. The fourth-order valence-electron chi connectivity index (χ4n) is 3.88. The van der Waals surface area contributed by atoms with Gasteiger partial charge in [-0.15, -0.1) is 10.2 Å². The van der Waals surface area contributed by atoms with E-state index >= 15 is 0 Å². The number of carbonyl (C=O) groups is 3. The first kappa shape index (κ1) is 23.2. The SMILES string of the molecule is COc1nc2nnc(C(=O)C(=O)N(C)C)n2nc1C(=O)N1CCC(Cc2ccc(F)cc2)CC1. The number of rotatable bonds is 6. The van der Waals surface area contributed by atoms with E-state index in [0.29, 0.717) is 19.0 Å². The number of benzene rings is 1. The zero-order valence-corrected chi connectivity index (χ0v) is 19.1. The number of nitrogens with zero attached hydrogens (tertiary/aromatic N) is 7. The van der Waals surface area contributed by atoms with Crippen molar-refractivity contribution in [2.45, 2.75) is 19.3 Å². The van der Waals surface area contributed by atoms with Gasteiger partial charge < -0.3 is 14.5 Å². The molecule has 0 bridgehead atoms. The molecule has 0 spiro atoms. The second kappa shape index (κ2) is 9.49. The second-order valence-electron chi connectivity index (χ2n) is 8.30. The molecule has 1 fully saturated rings. The maximum absolute atomic E-state index is 13.3. The number of methoxy groups -OCH3 is 1. The first-order valence-corrected chi connectivity index (χ1v) is 10.8. The van der Waals surface area contributed by atoms with E-state index in [2.05, 4.69) is 20.3 Å². The Labute approximate surface area is 194 Å². The number of ether oxygens (including phenoxy) is 1. The van der Waals surface area contributed by atoms with Crippen LogP contribution in [-0.2, 0) is 11.2 Å². The summed E-state index contributed by atoms with van der Waals surface area (Å²) in [6, 6.07) is 6.46. The van der Waals surface area contributed by atoms with Crippen molar-refractivity contribution in [2.75, 3.05) is 34.3 Å². The Balaban J connectivity index is 1.52. The molecule has 0 aliphatic carbocycles. The van der Waals surface area contributed by atoms with Crippen LogP contribution in [0.1, 0.15) is 39.5 Å². The molecule has 12 heteroatoms. The Morgan fingerprint density at radius 1 is 1.12 bits per heavy atom. The topological polar surface area (TPSA) is 123 Å². The molecule has 2 aromatic heterocycles. The minimum absolute atomic E-state index is 0.0451. The molecule has 0 atom stereocenters. The molecule has 4 rings (SSSR count). The summed E-state index contributed by atoms with van der Waals surface area (Å²) in [7, 11) is 4.23. The Morgan fingerprint density at radius 3 is 2.41 bits per heavy atom. The van der Waals surface area contributed by atoms with E-state index in [0.717, 1.165) is 34.2 Å². The molecular formula is C22H24FN7O4. The van der Waals surface area contributed by atoms with Crippen molar-refractivity contribution in [3.63, 3.8) is 0 Å². The van der Waals surface area contributed by atoms with E-state index in [-0.39, 0.29) is 29.0 Å². The standard InChI is InChI=1S/C22H24FN7O4/c1-28(2)21(33)17(31)18-25-26-22-24-19(34-3)16(27-30(18)22)20(32)29-10-8-14(9-11-29)12-13-4-6-15(23)7-5-13/h4-7,14H,8-12H2,1-3H3. The van der Waals surface area contributed by atoms with E-state index in [1.807, 2.05) is 0 Å². The van der Waals surface area contributed by atoms with E-state index in [1.165, 1.54) is 33.3 Å². The molecule has 1 aliphatic rings. The average Bonchev–Trinajstić information content (AvgIpc) is 3.26. The van der Waals surface area contributed by atoms with Crippen molar-refractivity contribution in [1.29, 1.82) is 0 Å². The lowest BCUT2D eigenvalue weighted by Crippen LogP contribution is -2.39. The van der Waals surface area contributed by atoms with Gasteiger partial charge in [0.15, 0.2) is 0 Å². The molecule has 0 radical (unpaired) electrons. The summed E-state index contributed by atoms with van der Waals surface area (Å²) in [6.07, 6.45) is 2.35. The number of ketones is 1. The van der Waals surface area contributed by atoms with Crippen molar-refractivity contribution in [1.82, 2.24) is 34.6 Å². The van der Waals surface area contributed by atoms with Gasteiger partial charge in [0.05, 0.1) is 7.11 Å². The molecule has 2 amide bonds. The number of likely N-dealkylation sites (N-methyl/N-ethyl adjacent to an activating group) is 1. The van der Waals surface area contributed by atoms with Gasteiger partial charge >= 0.3 is 0 Å².